The molecular formula is C14H18N6O2. The van der Waals surface area contributed by atoms with Crippen LogP contribution in [0.4, 0.5) is 17.6 Å². The van der Waals surface area contributed by atoms with Gasteiger partial charge in [-0.2, -0.15) is 4.98 Å². The number of piperazine rings is 1. The average molecular weight is 302 g/mol. The Morgan fingerprint density at radius 2 is 2.05 bits per heavy atom. The predicted octanol–water partition coefficient (Wildman–Crippen LogP) is 1.19. The highest BCUT2D eigenvalue weighted by Gasteiger charge is 2.20. The molecule has 0 saturated carbocycles. The molecule has 0 radical (unpaired) electrons. The summed E-state index contributed by atoms with van der Waals surface area (Å²) in [6, 6.07) is 3.58. The first kappa shape index (κ1) is 14.3. The fourth-order valence-corrected chi connectivity index (χ4v) is 2.35. The summed E-state index contributed by atoms with van der Waals surface area (Å²) in [7, 11) is 0. The van der Waals surface area contributed by atoms with Crippen molar-refractivity contribution < 1.29 is 9.32 Å². The summed E-state index contributed by atoms with van der Waals surface area (Å²) >= 11 is 0. The lowest BCUT2D eigenvalue weighted by Crippen LogP contribution is -2.48. The van der Waals surface area contributed by atoms with Gasteiger partial charge >= 0.3 is 0 Å². The van der Waals surface area contributed by atoms with Gasteiger partial charge in [-0.15, -0.1) is 0 Å². The van der Waals surface area contributed by atoms with Crippen LogP contribution in [-0.2, 0) is 4.79 Å². The molecule has 0 bridgehead atoms. The second-order valence-electron chi connectivity index (χ2n) is 5.18. The third-order valence-corrected chi connectivity index (χ3v) is 3.53. The first-order valence-corrected chi connectivity index (χ1v) is 7.15. The van der Waals surface area contributed by atoms with Crippen molar-refractivity contribution >= 4 is 23.5 Å². The van der Waals surface area contributed by atoms with E-state index in [1.807, 2.05) is 11.8 Å². The first-order chi connectivity index (χ1) is 10.6. The van der Waals surface area contributed by atoms with Crippen LogP contribution < -0.4 is 10.2 Å². The van der Waals surface area contributed by atoms with Crippen LogP contribution in [-0.4, -0.2) is 52.1 Å². The van der Waals surface area contributed by atoms with Gasteiger partial charge in [-0.3, -0.25) is 4.79 Å². The van der Waals surface area contributed by atoms with E-state index in [1.54, 1.807) is 25.3 Å². The molecule has 1 N–H and O–H groups in total. The van der Waals surface area contributed by atoms with Crippen LogP contribution in [0.2, 0.25) is 0 Å². The molecule has 8 nitrogen and oxygen atoms in total. The van der Waals surface area contributed by atoms with Crippen molar-refractivity contribution in [1.82, 2.24) is 20.0 Å². The Balaban J connectivity index is 1.68. The number of nitrogens with zero attached hydrogens (tertiary/aromatic N) is 5. The smallest absolute Gasteiger partial charge is 0.227 e. The molecular weight excluding hydrogens is 284 g/mol. The van der Waals surface area contributed by atoms with Crippen molar-refractivity contribution in [2.75, 3.05) is 36.4 Å². The molecule has 3 rings (SSSR count). The number of aromatic nitrogens is 3. The zero-order valence-corrected chi connectivity index (χ0v) is 12.6. The number of carbonyl (C=O) groups excluding carboxylic acids is 1. The van der Waals surface area contributed by atoms with Crippen molar-refractivity contribution in [3.8, 4) is 0 Å². The number of aryl methyl sites for hydroxylation is 1. The van der Waals surface area contributed by atoms with Gasteiger partial charge < -0.3 is 19.6 Å². The van der Waals surface area contributed by atoms with Gasteiger partial charge in [-0.25, -0.2) is 4.98 Å². The van der Waals surface area contributed by atoms with Crippen molar-refractivity contribution in [3.63, 3.8) is 0 Å². The SMILES string of the molecule is CC(=O)N1CCN(c2nccc(Nc3cc(C)on3)n2)CC1. The third kappa shape index (κ3) is 3.16. The van der Waals surface area contributed by atoms with Crippen molar-refractivity contribution in [3.05, 3.63) is 24.1 Å². The molecule has 0 aliphatic carbocycles. The van der Waals surface area contributed by atoms with E-state index in [0.717, 1.165) is 18.8 Å². The lowest BCUT2D eigenvalue weighted by Gasteiger charge is -2.34. The molecule has 0 unspecified atom stereocenters. The normalized spacial score (nSPS) is 15.0. The van der Waals surface area contributed by atoms with Crippen molar-refractivity contribution in [1.29, 1.82) is 0 Å². The van der Waals surface area contributed by atoms with Gasteiger partial charge in [0.25, 0.3) is 0 Å². The number of amides is 1. The fraction of sp³-hybridized carbons (Fsp3) is 0.429. The first-order valence-electron chi connectivity index (χ1n) is 7.15. The number of hydrogen-bond donors (Lipinski definition) is 1. The molecule has 1 aliphatic heterocycles. The Morgan fingerprint density at radius 1 is 1.27 bits per heavy atom. The van der Waals surface area contributed by atoms with Crippen LogP contribution in [0.15, 0.2) is 22.9 Å². The second-order valence-corrected chi connectivity index (χ2v) is 5.18. The molecule has 0 atom stereocenters. The van der Waals surface area contributed by atoms with E-state index in [9.17, 15) is 4.79 Å². The molecule has 1 saturated heterocycles. The van der Waals surface area contributed by atoms with Crippen molar-refractivity contribution in [2.45, 2.75) is 13.8 Å². The molecule has 2 aromatic heterocycles. The van der Waals surface area contributed by atoms with Gasteiger partial charge in [0.05, 0.1) is 0 Å². The maximum atomic E-state index is 11.4. The Labute approximate surface area is 128 Å². The quantitative estimate of drug-likeness (QED) is 0.911. The lowest BCUT2D eigenvalue weighted by atomic mass is 10.3. The standard InChI is InChI=1S/C14H18N6O2/c1-10-9-13(18-22-10)16-12-3-4-15-14(17-12)20-7-5-19(6-8-20)11(2)21/h3-4,9H,5-8H2,1-2H3,(H,15,16,17,18). The molecule has 116 valence electrons. The summed E-state index contributed by atoms with van der Waals surface area (Å²) in [5, 5.41) is 6.96. The van der Waals surface area contributed by atoms with E-state index in [0.29, 0.717) is 30.7 Å². The third-order valence-electron chi connectivity index (χ3n) is 3.53. The average Bonchev–Trinajstić information content (AvgIpc) is 2.93. The molecule has 0 aromatic carbocycles. The summed E-state index contributed by atoms with van der Waals surface area (Å²) in [6.45, 7) is 6.27. The number of carbonyl (C=O) groups is 1. The molecule has 1 fully saturated rings. The number of rotatable bonds is 3. The van der Waals surface area contributed by atoms with Gasteiger partial charge in [-0.1, -0.05) is 5.16 Å². The maximum absolute atomic E-state index is 11.4. The summed E-state index contributed by atoms with van der Waals surface area (Å²) in [4.78, 5) is 24.0. The maximum Gasteiger partial charge on any atom is 0.227 e. The summed E-state index contributed by atoms with van der Waals surface area (Å²) in [6.07, 6.45) is 1.70. The van der Waals surface area contributed by atoms with E-state index in [-0.39, 0.29) is 5.91 Å². The molecule has 1 amide bonds. The monoisotopic (exact) mass is 302 g/mol. The van der Waals surface area contributed by atoms with Gasteiger partial charge in [-0.05, 0) is 13.0 Å². The number of anilines is 3. The number of nitrogens with one attached hydrogen (secondary N) is 1. The molecule has 1 aliphatic rings. The Kier molecular flexibility index (Phi) is 3.90. The zero-order valence-electron chi connectivity index (χ0n) is 12.6. The predicted molar refractivity (Wildman–Crippen MR) is 81.0 cm³/mol. The Morgan fingerprint density at radius 3 is 2.68 bits per heavy atom. The fourth-order valence-electron chi connectivity index (χ4n) is 2.35. The van der Waals surface area contributed by atoms with Gasteiger partial charge in [0.15, 0.2) is 5.82 Å². The largest absolute Gasteiger partial charge is 0.360 e. The highest BCUT2D eigenvalue weighted by molar-refractivity contribution is 5.73. The van der Waals surface area contributed by atoms with Crippen LogP contribution in [0.1, 0.15) is 12.7 Å². The molecule has 0 spiro atoms. The van der Waals surface area contributed by atoms with Crippen LogP contribution in [0.25, 0.3) is 0 Å². The van der Waals surface area contributed by atoms with E-state index in [1.165, 1.54) is 0 Å². The van der Waals surface area contributed by atoms with E-state index in [2.05, 4.69) is 25.3 Å². The van der Waals surface area contributed by atoms with E-state index >= 15 is 0 Å². The van der Waals surface area contributed by atoms with Crippen LogP contribution in [0, 0.1) is 6.92 Å². The second kappa shape index (κ2) is 6.00. The van der Waals surface area contributed by atoms with Gasteiger partial charge in [0.1, 0.15) is 11.6 Å². The van der Waals surface area contributed by atoms with E-state index in [4.69, 9.17) is 4.52 Å². The van der Waals surface area contributed by atoms with Gasteiger partial charge in [0.2, 0.25) is 11.9 Å². The van der Waals surface area contributed by atoms with E-state index < -0.39 is 0 Å². The Bertz CT molecular complexity index is 663. The molecule has 22 heavy (non-hydrogen) atoms. The summed E-state index contributed by atoms with van der Waals surface area (Å²) < 4.78 is 5.01. The van der Waals surface area contributed by atoms with Crippen LogP contribution in [0.5, 0.6) is 0 Å². The minimum absolute atomic E-state index is 0.109. The topological polar surface area (TPSA) is 87.4 Å². The van der Waals surface area contributed by atoms with Crippen molar-refractivity contribution in [2.24, 2.45) is 0 Å². The lowest BCUT2D eigenvalue weighted by molar-refractivity contribution is -0.129. The number of hydrogen-bond acceptors (Lipinski definition) is 7. The van der Waals surface area contributed by atoms with Gasteiger partial charge in [0, 0.05) is 45.4 Å². The highest BCUT2D eigenvalue weighted by atomic mass is 16.5. The Hall–Kier alpha value is -2.64. The molecule has 8 heteroatoms. The zero-order chi connectivity index (χ0) is 15.5. The molecule has 2 aromatic rings. The van der Waals surface area contributed by atoms with Crippen LogP contribution >= 0.6 is 0 Å². The highest BCUT2D eigenvalue weighted by Crippen LogP contribution is 2.17. The summed E-state index contributed by atoms with van der Waals surface area (Å²) in [5.74, 6) is 2.76. The minimum atomic E-state index is 0.109. The van der Waals surface area contributed by atoms with Crippen LogP contribution in [0.3, 0.4) is 0 Å². The summed E-state index contributed by atoms with van der Waals surface area (Å²) in [5.41, 5.74) is 0. The minimum Gasteiger partial charge on any atom is -0.360 e. The molecule has 3 heterocycles.